The van der Waals surface area contributed by atoms with Gasteiger partial charge in [-0.25, -0.2) is 0 Å². The molecule has 1 atom stereocenters. The van der Waals surface area contributed by atoms with Gasteiger partial charge in [0.2, 0.25) is 5.91 Å². The van der Waals surface area contributed by atoms with Gasteiger partial charge >= 0.3 is 11.9 Å². The maximum absolute atomic E-state index is 12.7. The van der Waals surface area contributed by atoms with Crippen LogP contribution in [0.3, 0.4) is 0 Å². The molecule has 0 aliphatic rings. The van der Waals surface area contributed by atoms with Gasteiger partial charge in [0.25, 0.3) is 0 Å². The Kier molecular flexibility index (Phi) is 42.1. The Morgan fingerprint density at radius 2 is 0.929 bits per heavy atom. The minimum atomic E-state index is -0.743. The molecule has 0 spiro atoms. The van der Waals surface area contributed by atoms with Crippen LogP contribution in [0.4, 0.5) is 0 Å². The van der Waals surface area contributed by atoms with Crippen LogP contribution in [0.15, 0.2) is 24.3 Å². The van der Waals surface area contributed by atoms with Crippen molar-refractivity contribution in [3.63, 3.8) is 0 Å². The molecule has 0 rings (SSSR count). The van der Waals surface area contributed by atoms with Crippen LogP contribution < -0.4 is 5.32 Å². The smallest absolute Gasteiger partial charge is 0.306 e. The highest BCUT2D eigenvalue weighted by Crippen LogP contribution is 2.13. The highest BCUT2D eigenvalue weighted by atomic mass is 16.6. The molecule has 9 heteroatoms. The Balaban J connectivity index is 4.41. The number of aliphatic hydroxyl groups excluding tert-OH is 2. The lowest BCUT2D eigenvalue weighted by atomic mass is 10.1. The molecule has 0 saturated heterocycles. The SMILES string of the molecule is CCCCCCCC/C=C\CCCCCCCC(=O)OCC(CNC(=O)CCCN(CCO)CCO)OC(=O)CCCCCCC/C=C\CCCCCCCC. The number of rotatable bonds is 43. The predicted molar refractivity (Wildman–Crippen MR) is 233 cm³/mol. The van der Waals surface area contributed by atoms with Crippen LogP contribution in [0.2, 0.25) is 0 Å². The summed E-state index contributed by atoms with van der Waals surface area (Å²) in [5.41, 5.74) is 0. The summed E-state index contributed by atoms with van der Waals surface area (Å²) in [7, 11) is 0. The Morgan fingerprint density at radius 1 is 0.518 bits per heavy atom. The first kappa shape index (κ1) is 53.8. The Morgan fingerprint density at radius 3 is 1.38 bits per heavy atom. The number of allylic oxidation sites excluding steroid dienone is 4. The van der Waals surface area contributed by atoms with Crippen LogP contribution in [-0.4, -0.2) is 85.1 Å². The minimum absolute atomic E-state index is 0.00772. The summed E-state index contributed by atoms with van der Waals surface area (Å²) < 4.78 is 11.2. The number of carbonyl (C=O) groups is 3. The second-order valence-electron chi connectivity index (χ2n) is 15.7. The second kappa shape index (κ2) is 43.9. The number of nitrogens with one attached hydrogen (secondary N) is 1. The van der Waals surface area contributed by atoms with Crippen molar-refractivity contribution in [3.05, 3.63) is 24.3 Å². The molecule has 56 heavy (non-hydrogen) atoms. The van der Waals surface area contributed by atoms with Gasteiger partial charge in [-0.05, 0) is 77.2 Å². The number of ether oxygens (including phenoxy) is 2. The van der Waals surface area contributed by atoms with Crippen molar-refractivity contribution in [1.29, 1.82) is 0 Å². The van der Waals surface area contributed by atoms with Crippen molar-refractivity contribution in [2.45, 2.75) is 213 Å². The first-order valence-corrected chi connectivity index (χ1v) is 23.3. The van der Waals surface area contributed by atoms with Crippen molar-refractivity contribution < 1.29 is 34.1 Å². The lowest BCUT2D eigenvalue weighted by Gasteiger charge is -2.20. The number of carbonyl (C=O) groups excluding carboxylic acids is 3. The molecule has 0 bridgehead atoms. The molecule has 0 aromatic heterocycles. The predicted octanol–water partition coefficient (Wildman–Crippen LogP) is 10.7. The monoisotopic (exact) mass is 793 g/mol. The fourth-order valence-corrected chi connectivity index (χ4v) is 6.72. The second-order valence-corrected chi connectivity index (χ2v) is 15.7. The average Bonchev–Trinajstić information content (AvgIpc) is 3.19. The van der Waals surface area contributed by atoms with Crippen molar-refractivity contribution in [1.82, 2.24) is 10.2 Å². The van der Waals surface area contributed by atoms with Crippen LogP contribution in [0, 0.1) is 0 Å². The summed E-state index contributed by atoms with van der Waals surface area (Å²) in [5, 5.41) is 21.3. The van der Waals surface area contributed by atoms with E-state index in [1.807, 2.05) is 4.90 Å². The number of amides is 1. The molecule has 0 radical (unpaired) electrons. The van der Waals surface area contributed by atoms with Crippen LogP contribution in [0.5, 0.6) is 0 Å². The maximum atomic E-state index is 12.7. The van der Waals surface area contributed by atoms with Gasteiger partial charge in [-0.15, -0.1) is 0 Å². The summed E-state index contributed by atoms with van der Waals surface area (Å²) >= 11 is 0. The van der Waals surface area contributed by atoms with Gasteiger partial charge in [-0.2, -0.15) is 0 Å². The van der Waals surface area contributed by atoms with E-state index in [0.29, 0.717) is 38.9 Å². The van der Waals surface area contributed by atoms with Gasteiger partial charge in [0.1, 0.15) is 6.61 Å². The van der Waals surface area contributed by atoms with Gasteiger partial charge < -0.3 is 25.0 Å². The lowest BCUT2D eigenvalue weighted by Crippen LogP contribution is -2.38. The van der Waals surface area contributed by atoms with E-state index in [1.54, 1.807) is 0 Å². The van der Waals surface area contributed by atoms with Crippen LogP contribution in [0.1, 0.15) is 206 Å². The van der Waals surface area contributed by atoms with E-state index in [2.05, 4.69) is 43.5 Å². The molecule has 0 heterocycles. The Labute approximate surface area is 344 Å². The van der Waals surface area contributed by atoms with E-state index in [0.717, 1.165) is 64.2 Å². The zero-order valence-electron chi connectivity index (χ0n) is 36.4. The summed E-state index contributed by atoms with van der Waals surface area (Å²) in [6.07, 6.45) is 41.0. The van der Waals surface area contributed by atoms with Gasteiger partial charge in [0.15, 0.2) is 6.10 Å². The van der Waals surface area contributed by atoms with Crippen LogP contribution >= 0.6 is 0 Å². The molecule has 9 nitrogen and oxygen atoms in total. The number of esters is 2. The molecular weight excluding hydrogens is 705 g/mol. The topological polar surface area (TPSA) is 125 Å². The largest absolute Gasteiger partial charge is 0.462 e. The molecule has 1 unspecified atom stereocenters. The average molecular weight is 793 g/mol. The van der Waals surface area contributed by atoms with Crippen LogP contribution in [0.25, 0.3) is 0 Å². The van der Waals surface area contributed by atoms with Crippen molar-refractivity contribution in [3.8, 4) is 0 Å². The van der Waals surface area contributed by atoms with E-state index in [9.17, 15) is 24.6 Å². The molecule has 0 aromatic carbocycles. The number of nitrogens with zero attached hydrogens (tertiary/aromatic N) is 1. The summed E-state index contributed by atoms with van der Waals surface area (Å²) in [5.74, 6) is -0.824. The molecule has 0 aromatic rings. The van der Waals surface area contributed by atoms with Gasteiger partial charge in [-0.1, -0.05) is 141 Å². The van der Waals surface area contributed by atoms with Gasteiger partial charge in [0, 0.05) is 32.4 Å². The van der Waals surface area contributed by atoms with Gasteiger partial charge in [0.05, 0.1) is 19.8 Å². The third-order valence-electron chi connectivity index (χ3n) is 10.3. The van der Waals surface area contributed by atoms with Crippen molar-refractivity contribution in [2.24, 2.45) is 0 Å². The quantitative estimate of drug-likeness (QED) is 0.0317. The van der Waals surface area contributed by atoms with E-state index in [4.69, 9.17) is 9.47 Å². The molecule has 0 aliphatic carbocycles. The number of unbranched alkanes of at least 4 members (excludes halogenated alkanes) is 22. The molecule has 3 N–H and O–H groups in total. The first-order valence-electron chi connectivity index (χ1n) is 23.3. The number of hydrogen-bond donors (Lipinski definition) is 3. The van der Waals surface area contributed by atoms with E-state index >= 15 is 0 Å². The molecule has 0 aliphatic heterocycles. The summed E-state index contributed by atoms with van der Waals surface area (Å²) in [6, 6.07) is 0. The standard InChI is InChI=1S/C47H88N2O7/c1-3-5-7-9-11-13-15-17-19-21-23-25-27-29-31-35-46(53)55-43-44(42-48-45(52)34-33-37-49(38-40-50)39-41-51)56-47(54)36-32-30-28-26-24-22-20-18-16-14-12-10-8-6-4-2/h17-20,44,50-51H,3-16,21-43H2,1-2H3,(H,48,52)/b19-17-,20-18-. The minimum Gasteiger partial charge on any atom is -0.462 e. The van der Waals surface area contributed by atoms with E-state index < -0.39 is 6.10 Å². The Hall–Kier alpha value is -2.23. The summed E-state index contributed by atoms with van der Waals surface area (Å²) in [4.78, 5) is 39.8. The van der Waals surface area contributed by atoms with E-state index in [-0.39, 0.29) is 50.6 Å². The highest BCUT2D eigenvalue weighted by molar-refractivity contribution is 5.76. The summed E-state index contributed by atoms with van der Waals surface area (Å²) in [6.45, 7) is 5.96. The number of hydrogen-bond acceptors (Lipinski definition) is 8. The first-order chi connectivity index (χ1) is 27.5. The molecular formula is C47H88N2O7. The van der Waals surface area contributed by atoms with Crippen molar-refractivity contribution in [2.75, 3.05) is 46.0 Å². The molecule has 1 amide bonds. The maximum Gasteiger partial charge on any atom is 0.306 e. The fraction of sp³-hybridized carbons (Fsp3) is 0.851. The lowest BCUT2D eigenvalue weighted by molar-refractivity contribution is -0.159. The van der Waals surface area contributed by atoms with Gasteiger partial charge in [-0.3, -0.25) is 19.3 Å². The molecule has 328 valence electrons. The normalized spacial score (nSPS) is 12.2. The zero-order chi connectivity index (χ0) is 41.0. The highest BCUT2D eigenvalue weighted by Gasteiger charge is 2.18. The molecule has 0 saturated carbocycles. The van der Waals surface area contributed by atoms with E-state index in [1.165, 1.54) is 103 Å². The Bertz CT molecular complexity index is 935. The third-order valence-corrected chi connectivity index (χ3v) is 10.3. The van der Waals surface area contributed by atoms with Crippen LogP contribution in [-0.2, 0) is 23.9 Å². The third kappa shape index (κ3) is 40.0. The number of aliphatic hydroxyl groups is 2. The van der Waals surface area contributed by atoms with Crippen molar-refractivity contribution >= 4 is 17.8 Å². The fourth-order valence-electron chi connectivity index (χ4n) is 6.72. The molecule has 0 fully saturated rings. The zero-order valence-corrected chi connectivity index (χ0v) is 36.4.